The van der Waals surface area contributed by atoms with Crippen LogP contribution in [-0.4, -0.2) is 37.9 Å². The molecule has 0 aliphatic rings. The zero-order chi connectivity index (χ0) is 22.5. The minimum Gasteiger partial charge on any atom is -0.507 e. The monoisotopic (exact) mass is 424 g/mol. The minimum atomic E-state index is -0.701. The number of phenolic OH excluding ortho intramolecular Hbond substituents is 2. The van der Waals surface area contributed by atoms with Gasteiger partial charge in [0.15, 0.2) is 11.5 Å². The summed E-state index contributed by atoms with van der Waals surface area (Å²) in [7, 11) is 1.27. The van der Waals surface area contributed by atoms with E-state index in [1.807, 2.05) is 0 Å². The highest BCUT2D eigenvalue weighted by Crippen LogP contribution is 2.32. The van der Waals surface area contributed by atoms with E-state index in [1.54, 1.807) is 37.5 Å². The predicted molar refractivity (Wildman–Crippen MR) is 113 cm³/mol. The molecule has 0 saturated heterocycles. The number of rotatable bonds is 7. The Morgan fingerprint density at radius 1 is 1.06 bits per heavy atom. The molecule has 0 aliphatic carbocycles. The first-order valence-corrected chi connectivity index (χ1v) is 9.72. The Morgan fingerprint density at radius 3 is 2.42 bits per heavy atom. The third-order valence-electron chi connectivity index (χ3n) is 5.24. The number of carbonyl (C=O) groups is 1. The van der Waals surface area contributed by atoms with Gasteiger partial charge in [0, 0.05) is 30.6 Å². The average Bonchev–Trinajstić information content (AvgIpc) is 2.75. The molecule has 8 nitrogen and oxygen atoms in total. The Hall–Kier alpha value is -3.81. The Morgan fingerprint density at radius 2 is 1.77 bits per heavy atom. The lowest BCUT2D eigenvalue weighted by molar-refractivity contribution is -0.140. The van der Waals surface area contributed by atoms with Crippen molar-refractivity contribution in [2.45, 2.75) is 32.2 Å². The molecule has 31 heavy (non-hydrogen) atoms. The summed E-state index contributed by atoms with van der Waals surface area (Å²) in [6, 6.07) is 9.36. The van der Waals surface area contributed by atoms with Crippen LogP contribution in [0.3, 0.4) is 0 Å². The van der Waals surface area contributed by atoms with Gasteiger partial charge in [-0.1, -0.05) is 6.07 Å². The van der Waals surface area contributed by atoms with Crippen molar-refractivity contribution in [2.75, 3.05) is 7.11 Å². The second-order valence-corrected chi connectivity index (χ2v) is 7.23. The summed E-state index contributed by atoms with van der Waals surface area (Å²) in [5, 5.41) is 29.8. The van der Waals surface area contributed by atoms with E-state index >= 15 is 0 Å². The molecule has 2 aromatic heterocycles. The number of carbonyl (C=O) groups excluding carboxylic acids is 1. The second kappa shape index (κ2) is 9.34. The normalized spacial score (nSPS) is 11.8. The highest BCUT2D eigenvalue weighted by atomic mass is 16.5. The van der Waals surface area contributed by atoms with Crippen LogP contribution in [0.5, 0.6) is 17.2 Å². The minimum absolute atomic E-state index is 0.107. The van der Waals surface area contributed by atoms with Gasteiger partial charge in [-0.25, -0.2) is 0 Å². The molecular weight excluding hydrogens is 400 g/mol. The summed E-state index contributed by atoms with van der Waals surface area (Å²) >= 11 is 0. The standard InChI is InChI=1S/C23H24N2O6/c1-14-11-20(28)22(17(13-21(29)31-2)16-5-8-24-9-6-16)23(30)25(14)10-7-15-3-4-18(26)19(27)12-15/h3-6,8-9,11-12,17,26-28H,7,10,13H2,1-2H3. The quantitative estimate of drug-likeness (QED) is 0.394. The molecule has 1 unspecified atom stereocenters. The van der Waals surface area contributed by atoms with Gasteiger partial charge < -0.3 is 24.6 Å². The maximum absolute atomic E-state index is 13.4. The molecular formula is C23H24N2O6. The molecule has 0 spiro atoms. The van der Waals surface area contributed by atoms with Gasteiger partial charge in [-0.2, -0.15) is 0 Å². The number of ether oxygens (including phenoxy) is 1. The van der Waals surface area contributed by atoms with E-state index < -0.39 is 17.4 Å². The third-order valence-corrected chi connectivity index (χ3v) is 5.24. The topological polar surface area (TPSA) is 122 Å². The predicted octanol–water partition coefficient (Wildman–Crippen LogP) is 2.61. The summed E-state index contributed by atoms with van der Waals surface area (Å²) in [5.41, 5.74) is 1.64. The fourth-order valence-corrected chi connectivity index (χ4v) is 3.57. The van der Waals surface area contributed by atoms with Gasteiger partial charge in [0.2, 0.25) is 0 Å². The number of benzene rings is 1. The van der Waals surface area contributed by atoms with Crippen LogP contribution in [0, 0.1) is 6.92 Å². The van der Waals surface area contributed by atoms with Crippen LogP contribution in [0.1, 0.15) is 34.7 Å². The van der Waals surface area contributed by atoms with E-state index in [-0.39, 0.29) is 35.8 Å². The van der Waals surface area contributed by atoms with Crippen molar-refractivity contribution in [3.8, 4) is 17.2 Å². The molecule has 3 rings (SSSR count). The van der Waals surface area contributed by atoms with Gasteiger partial charge >= 0.3 is 5.97 Å². The Labute approximate surface area is 179 Å². The molecule has 1 atom stereocenters. The van der Waals surface area contributed by atoms with E-state index in [0.29, 0.717) is 17.7 Å². The first-order chi connectivity index (χ1) is 14.8. The first-order valence-electron chi connectivity index (χ1n) is 9.72. The summed E-state index contributed by atoms with van der Waals surface area (Å²) in [6.45, 7) is 1.99. The molecule has 0 aliphatic heterocycles. The summed E-state index contributed by atoms with van der Waals surface area (Å²) in [6.07, 6.45) is 3.41. The number of nitrogens with zero attached hydrogens (tertiary/aromatic N) is 2. The number of hydrogen-bond donors (Lipinski definition) is 3. The van der Waals surface area contributed by atoms with Gasteiger partial charge in [-0.3, -0.25) is 14.6 Å². The van der Waals surface area contributed by atoms with E-state index in [9.17, 15) is 24.9 Å². The fourth-order valence-electron chi connectivity index (χ4n) is 3.57. The first kappa shape index (κ1) is 21.9. The van der Waals surface area contributed by atoms with E-state index in [0.717, 1.165) is 5.56 Å². The highest BCUT2D eigenvalue weighted by molar-refractivity contribution is 5.71. The average molecular weight is 424 g/mol. The number of pyridine rings is 2. The molecule has 0 amide bonds. The lowest BCUT2D eigenvalue weighted by Crippen LogP contribution is -2.29. The maximum atomic E-state index is 13.4. The van der Waals surface area contributed by atoms with Crippen molar-refractivity contribution in [1.29, 1.82) is 0 Å². The fraction of sp³-hybridized carbons (Fsp3) is 0.261. The summed E-state index contributed by atoms with van der Waals surface area (Å²) in [4.78, 5) is 29.4. The van der Waals surface area contributed by atoms with E-state index in [4.69, 9.17) is 4.74 Å². The lowest BCUT2D eigenvalue weighted by Gasteiger charge is -2.20. The largest absolute Gasteiger partial charge is 0.507 e. The molecule has 0 bridgehead atoms. The van der Waals surface area contributed by atoms with Crippen LogP contribution in [-0.2, 0) is 22.5 Å². The van der Waals surface area contributed by atoms with Gasteiger partial charge in [-0.05, 0) is 54.8 Å². The van der Waals surface area contributed by atoms with Crippen molar-refractivity contribution in [1.82, 2.24) is 9.55 Å². The smallest absolute Gasteiger partial charge is 0.306 e. The zero-order valence-electron chi connectivity index (χ0n) is 17.3. The Bertz CT molecular complexity index is 1140. The number of phenols is 2. The molecule has 1 aromatic carbocycles. The van der Waals surface area contributed by atoms with Gasteiger partial charge in [0.1, 0.15) is 5.75 Å². The lowest BCUT2D eigenvalue weighted by atomic mass is 9.89. The number of aromatic hydroxyl groups is 3. The van der Waals surface area contributed by atoms with Crippen LogP contribution < -0.4 is 5.56 Å². The SMILES string of the molecule is COC(=O)CC(c1ccncc1)c1c(O)cc(C)n(CCc2ccc(O)c(O)c2)c1=O. The van der Waals surface area contributed by atoms with Crippen LogP contribution in [0.2, 0.25) is 0 Å². The van der Waals surface area contributed by atoms with Crippen LogP contribution in [0.4, 0.5) is 0 Å². The van der Waals surface area contributed by atoms with Crippen molar-refractivity contribution >= 4 is 5.97 Å². The van der Waals surface area contributed by atoms with E-state index in [2.05, 4.69) is 4.98 Å². The molecule has 8 heteroatoms. The maximum Gasteiger partial charge on any atom is 0.306 e. The molecule has 0 radical (unpaired) electrons. The van der Waals surface area contributed by atoms with Gasteiger partial charge in [0.05, 0.1) is 19.1 Å². The molecule has 3 N–H and O–H groups in total. The molecule has 0 saturated carbocycles. The van der Waals surface area contributed by atoms with Crippen molar-refractivity contribution in [3.05, 3.63) is 81.5 Å². The second-order valence-electron chi connectivity index (χ2n) is 7.23. The van der Waals surface area contributed by atoms with Gasteiger partial charge in [0.25, 0.3) is 5.56 Å². The van der Waals surface area contributed by atoms with Gasteiger partial charge in [-0.15, -0.1) is 0 Å². The zero-order valence-corrected chi connectivity index (χ0v) is 17.3. The molecule has 2 heterocycles. The highest BCUT2D eigenvalue weighted by Gasteiger charge is 2.26. The number of methoxy groups -OCH3 is 1. The van der Waals surface area contributed by atoms with Crippen molar-refractivity contribution < 1.29 is 24.9 Å². The van der Waals surface area contributed by atoms with Crippen molar-refractivity contribution in [3.63, 3.8) is 0 Å². The molecule has 3 aromatic rings. The summed E-state index contributed by atoms with van der Waals surface area (Å²) < 4.78 is 6.31. The molecule has 0 fully saturated rings. The summed E-state index contributed by atoms with van der Waals surface area (Å²) in [5.74, 6) is -1.85. The number of aryl methyl sites for hydroxylation is 2. The van der Waals surface area contributed by atoms with Crippen LogP contribution >= 0.6 is 0 Å². The van der Waals surface area contributed by atoms with E-state index in [1.165, 1.54) is 29.9 Å². The number of hydrogen-bond acceptors (Lipinski definition) is 7. The Kier molecular flexibility index (Phi) is 6.59. The van der Waals surface area contributed by atoms with Crippen LogP contribution in [0.15, 0.2) is 53.6 Å². The van der Waals surface area contributed by atoms with Crippen molar-refractivity contribution in [2.24, 2.45) is 0 Å². The van der Waals surface area contributed by atoms with Crippen LogP contribution in [0.25, 0.3) is 0 Å². The molecule has 162 valence electrons. The number of aromatic nitrogens is 2. The number of esters is 1. The Balaban J connectivity index is 2.02. The third kappa shape index (κ3) is 4.85.